The largest absolute Gasteiger partial charge is 0.496 e. The number of benzene rings is 3. The minimum absolute atomic E-state index is 0.152. The van der Waals surface area contributed by atoms with Crippen molar-refractivity contribution in [3.8, 4) is 5.75 Å². The van der Waals surface area contributed by atoms with Crippen LogP contribution < -0.4 is 10.5 Å². The zero-order valence-corrected chi connectivity index (χ0v) is 17.9. The zero-order valence-electron chi connectivity index (χ0n) is 17.9. The lowest BCUT2D eigenvalue weighted by atomic mass is 9.76. The van der Waals surface area contributed by atoms with E-state index >= 15 is 0 Å². The molecule has 32 heavy (non-hydrogen) atoms. The Morgan fingerprint density at radius 2 is 1.59 bits per heavy atom. The number of halogens is 2. The van der Waals surface area contributed by atoms with Crippen molar-refractivity contribution in [2.45, 2.75) is 18.9 Å². The minimum atomic E-state index is -0.341. The fourth-order valence-electron chi connectivity index (χ4n) is 4.52. The van der Waals surface area contributed by atoms with E-state index in [1.807, 2.05) is 12.1 Å². The number of ether oxygens (including phenoxy) is 1. The number of Topliss-reactive ketones (excluding diaryl/α,β-unsaturated/α-hetero) is 1. The van der Waals surface area contributed by atoms with Crippen molar-refractivity contribution in [3.63, 3.8) is 0 Å². The molecule has 0 aliphatic carbocycles. The first kappa shape index (κ1) is 22.0. The molecule has 6 heteroatoms. The Morgan fingerprint density at radius 3 is 2.16 bits per heavy atom. The molecule has 4 rings (SSSR count). The molecule has 0 radical (unpaired) electrons. The highest BCUT2D eigenvalue weighted by Gasteiger charge is 2.35. The van der Waals surface area contributed by atoms with Gasteiger partial charge in [0, 0.05) is 49.1 Å². The van der Waals surface area contributed by atoms with Gasteiger partial charge in [-0.25, -0.2) is 8.78 Å². The lowest BCUT2D eigenvalue weighted by molar-refractivity contribution is -0.126. The van der Waals surface area contributed by atoms with E-state index in [1.165, 1.54) is 24.3 Å². The van der Waals surface area contributed by atoms with Crippen LogP contribution >= 0.6 is 0 Å². The van der Waals surface area contributed by atoms with Gasteiger partial charge >= 0.3 is 0 Å². The monoisotopic (exact) mass is 436 g/mol. The molecular formula is C26H26F2N2O2. The molecule has 1 fully saturated rings. The Hall–Kier alpha value is -3.25. The van der Waals surface area contributed by atoms with E-state index in [4.69, 9.17) is 10.5 Å². The van der Waals surface area contributed by atoms with E-state index in [2.05, 4.69) is 4.90 Å². The molecule has 3 aromatic rings. The van der Waals surface area contributed by atoms with Crippen LogP contribution in [0.1, 0.15) is 29.0 Å². The predicted molar refractivity (Wildman–Crippen MR) is 120 cm³/mol. The number of hydrogen-bond donors (Lipinski definition) is 1. The number of hydrogen-bond acceptors (Lipinski definition) is 4. The lowest BCUT2D eigenvalue weighted by Gasteiger charge is -2.36. The van der Waals surface area contributed by atoms with Crippen LogP contribution in [0, 0.1) is 17.6 Å². The molecule has 0 amide bonds. The molecule has 0 bridgehead atoms. The van der Waals surface area contributed by atoms with Gasteiger partial charge in [0.05, 0.1) is 7.11 Å². The van der Waals surface area contributed by atoms with E-state index in [1.54, 1.807) is 37.4 Å². The number of piperidine rings is 1. The molecule has 0 saturated carbocycles. The second-order valence-corrected chi connectivity index (χ2v) is 8.21. The Kier molecular flexibility index (Phi) is 6.51. The molecule has 1 heterocycles. The summed E-state index contributed by atoms with van der Waals surface area (Å²) in [6, 6.07) is 17.9. The number of anilines is 1. The summed E-state index contributed by atoms with van der Waals surface area (Å²) in [5.41, 5.74) is 9.25. The topological polar surface area (TPSA) is 55.6 Å². The fraction of sp³-hybridized carbons (Fsp3) is 0.269. The maximum atomic E-state index is 13.6. The average Bonchev–Trinajstić information content (AvgIpc) is 2.79. The van der Waals surface area contributed by atoms with Crippen molar-refractivity contribution in [1.29, 1.82) is 0 Å². The summed E-state index contributed by atoms with van der Waals surface area (Å²) in [6.07, 6.45) is 0.411. The van der Waals surface area contributed by atoms with Gasteiger partial charge in [-0.05, 0) is 53.6 Å². The van der Waals surface area contributed by atoms with Crippen LogP contribution in [0.25, 0.3) is 0 Å². The van der Waals surface area contributed by atoms with Crippen molar-refractivity contribution in [3.05, 3.63) is 95.1 Å². The molecular weight excluding hydrogens is 410 g/mol. The smallest absolute Gasteiger partial charge is 0.139 e. The van der Waals surface area contributed by atoms with E-state index in [0.29, 0.717) is 31.7 Å². The predicted octanol–water partition coefficient (Wildman–Crippen LogP) is 4.78. The van der Waals surface area contributed by atoms with Crippen LogP contribution in [-0.4, -0.2) is 30.9 Å². The van der Waals surface area contributed by atoms with Gasteiger partial charge in [-0.1, -0.05) is 24.3 Å². The third-order valence-corrected chi connectivity index (χ3v) is 6.10. The quantitative estimate of drug-likeness (QED) is 0.565. The van der Waals surface area contributed by atoms with E-state index in [0.717, 1.165) is 22.4 Å². The number of nitrogen functional groups attached to an aromatic ring is 1. The highest BCUT2D eigenvalue weighted by molar-refractivity contribution is 5.83. The molecule has 1 aliphatic rings. The molecule has 1 aliphatic heterocycles. The molecule has 2 N–H and O–H groups in total. The molecule has 3 aromatic carbocycles. The third kappa shape index (κ3) is 4.81. The first-order valence-electron chi connectivity index (χ1n) is 10.6. The third-order valence-electron chi connectivity index (χ3n) is 6.10. The number of ketones is 1. The molecule has 166 valence electrons. The van der Waals surface area contributed by atoms with Gasteiger partial charge in [-0.2, -0.15) is 0 Å². The van der Waals surface area contributed by atoms with Crippen molar-refractivity contribution >= 4 is 11.5 Å². The number of methoxy groups -OCH3 is 1. The van der Waals surface area contributed by atoms with E-state index in [9.17, 15) is 13.6 Å². The number of rotatable bonds is 6. The number of carbonyl (C=O) groups excluding carboxylic acids is 1. The van der Waals surface area contributed by atoms with Crippen molar-refractivity contribution in [1.82, 2.24) is 4.90 Å². The Labute approximate surface area is 186 Å². The molecule has 4 nitrogen and oxygen atoms in total. The summed E-state index contributed by atoms with van der Waals surface area (Å²) >= 11 is 0. The van der Waals surface area contributed by atoms with Crippen molar-refractivity contribution in [2.75, 3.05) is 25.9 Å². The van der Waals surface area contributed by atoms with Gasteiger partial charge in [-0.3, -0.25) is 9.69 Å². The Balaban J connectivity index is 1.65. The maximum Gasteiger partial charge on any atom is 0.139 e. The van der Waals surface area contributed by atoms with Gasteiger partial charge in [0.15, 0.2) is 0 Å². The van der Waals surface area contributed by atoms with Gasteiger partial charge in [0.25, 0.3) is 0 Å². The SMILES string of the molecule is COc1ccc(N)cc1CN1CCC(=O)C(C(c2ccc(F)cc2)c2ccc(F)cc2)C1. The maximum absolute atomic E-state index is 13.6. The summed E-state index contributed by atoms with van der Waals surface area (Å²) in [4.78, 5) is 15.3. The molecule has 1 atom stereocenters. The molecule has 0 spiro atoms. The summed E-state index contributed by atoms with van der Waals surface area (Å²) in [5.74, 6) is -0.407. The van der Waals surface area contributed by atoms with E-state index in [-0.39, 0.29) is 29.3 Å². The number of nitrogens with two attached hydrogens (primary N) is 1. The lowest BCUT2D eigenvalue weighted by Crippen LogP contribution is -2.43. The summed E-state index contributed by atoms with van der Waals surface area (Å²) in [7, 11) is 1.62. The number of carbonyl (C=O) groups is 1. The Bertz CT molecular complexity index is 1040. The summed E-state index contributed by atoms with van der Waals surface area (Å²) in [6.45, 7) is 1.75. The second-order valence-electron chi connectivity index (χ2n) is 8.21. The summed E-state index contributed by atoms with van der Waals surface area (Å²) in [5, 5.41) is 0. The zero-order chi connectivity index (χ0) is 22.7. The van der Waals surface area contributed by atoms with Crippen LogP contribution in [0.4, 0.5) is 14.5 Å². The summed E-state index contributed by atoms with van der Waals surface area (Å²) < 4.78 is 32.6. The number of likely N-dealkylation sites (tertiary alicyclic amines) is 1. The first-order valence-corrected chi connectivity index (χ1v) is 10.6. The van der Waals surface area contributed by atoms with Gasteiger partial charge in [0.1, 0.15) is 23.2 Å². The molecule has 1 saturated heterocycles. The first-order chi connectivity index (χ1) is 15.4. The van der Waals surface area contributed by atoms with Crippen molar-refractivity contribution < 1.29 is 18.3 Å². The molecule has 1 unspecified atom stereocenters. The van der Waals surface area contributed by atoms with E-state index < -0.39 is 0 Å². The van der Waals surface area contributed by atoms with Gasteiger partial charge in [0.2, 0.25) is 0 Å². The second kappa shape index (κ2) is 9.49. The average molecular weight is 437 g/mol. The van der Waals surface area contributed by atoms with Crippen LogP contribution in [-0.2, 0) is 11.3 Å². The highest BCUT2D eigenvalue weighted by atomic mass is 19.1. The van der Waals surface area contributed by atoms with Gasteiger partial charge in [-0.15, -0.1) is 0 Å². The fourth-order valence-corrected chi connectivity index (χ4v) is 4.52. The van der Waals surface area contributed by atoms with Crippen LogP contribution in [0.5, 0.6) is 5.75 Å². The minimum Gasteiger partial charge on any atom is -0.496 e. The van der Waals surface area contributed by atoms with Crippen LogP contribution in [0.15, 0.2) is 66.7 Å². The molecule has 0 aromatic heterocycles. The Morgan fingerprint density at radius 1 is 1.00 bits per heavy atom. The van der Waals surface area contributed by atoms with Crippen molar-refractivity contribution in [2.24, 2.45) is 5.92 Å². The normalized spacial score (nSPS) is 17.0. The number of nitrogens with zero attached hydrogens (tertiary/aromatic N) is 1. The van der Waals surface area contributed by atoms with Crippen LogP contribution in [0.3, 0.4) is 0 Å². The van der Waals surface area contributed by atoms with Crippen LogP contribution in [0.2, 0.25) is 0 Å². The van der Waals surface area contributed by atoms with Gasteiger partial charge < -0.3 is 10.5 Å². The standard InChI is InChI=1S/C26H26F2N2O2/c1-32-25-11-10-22(29)14-19(25)15-30-13-12-24(31)23(16-30)26(17-2-6-20(27)7-3-17)18-4-8-21(28)9-5-18/h2-11,14,23,26H,12-13,15-16,29H2,1H3. The highest BCUT2D eigenvalue weighted by Crippen LogP contribution is 2.36.